The van der Waals surface area contributed by atoms with Crippen LogP contribution in [0.1, 0.15) is 28.0 Å². The zero-order chi connectivity index (χ0) is 22.5. The van der Waals surface area contributed by atoms with Crippen molar-refractivity contribution in [1.82, 2.24) is 19.6 Å². The Morgan fingerprint density at radius 2 is 1.84 bits per heavy atom. The van der Waals surface area contributed by atoms with Gasteiger partial charge in [0.05, 0.1) is 18.6 Å². The van der Waals surface area contributed by atoms with Gasteiger partial charge in [-0.05, 0) is 43.3 Å². The van der Waals surface area contributed by atoms with Gasteiger partial charge < -0.3 is 24.3 Å². The zero-order valence-corrected chi connectivity index (χ0v) is 17.6. The van der Waals surface area contributed by atoms with Crippen molar-refractivity contribution in [2.75, 3.05) is 38.1 Å². The number of aromatic nitrogens is 2. The lowest BCUT2D eigenvalue weighted by molar-refractivity contribution is 0.0518. The molecule has 166 valence electrons. The van der Waals surface area contributed by atoms with Gasteiger partial charge in [0.2, 0.25) is 0 Å². The Balaban J connectivity index is 1.35. The van der Waals surface area contributed by atoms with Crippen molar-refractivity contribution in [1.29, 1.82) is 0 Å². The first-order chi connectivity index (χ1) is 15.5. The monoisotopic (exact) mass is 437 g/mol. The van der Waals surface area contributed by atoms with Crippen LogP contribution in [-0.4, -0.2) is 70.3 Å². The molecule has 3 amide bonds. The maximum atomic E-state index is 12.7. The second-order valence-electron chi connectivity index (χ2n) is 7.10. The molecule has 1 aliphatic rings. The number of piperazine rings is 1. The molecule has 3 aromatic rings. The fraction of sp³-hybridized carbons (Fsp3) is 0.273. The lowest BCUT2D eigenvalue weighted by atomic mass is 10.2. The Labute approximate surface area is 184 Å². The normalized spacial score (nSPS) is 13.7. The number of nitrogens with zero attached hydrogens (tertiary/aromatic N) is 4. The van der Waals surface area contributed by atoms with Crippen LogP contribution >= 0.6 is 0 Å². The highest BCUT2D eigenvalue weighted by Crippen LogP contribution is 2.16. The molecular formula is C22H23N5O5. The van der Waals surface area contributed by atoms with E-state index in [4.69, 9.17) is 9.15 Å². The molecule has 0 bridgehead atoms. The first-order valence-corrected chi connectivity index (χ1v) is 10.3. The molecule has 0 saturated carbocycles. The van der Waals surface area contributed by atoms with E-state index in [-0.39, 0.29) is 24.2 Å². The second kappa shape index (κ2) is 9.38. The molecule has 4 rings (SSSR count). The lowest BCUT2D eigenvalue weighted by Crippen LogP contribution is -2.51. The standard InChI is InChI=1S/C22H23N5O5/c1-2-31-21(29)18-8-9-27(24-18)17-6-3-5-16(15-17)23-22(30)26-12-10-25(11-13-26)20(28)19-7-4-14-32-19/h3-9,14-15H,2,10-13H2,1H3,(H,23,30). The molecule has 10 heteroatoms. The van der Waals surface area contributed by atoms with E-state index in [0.29, 0.717) is 43.3 Å². The number of benzene rings is 1. The van der Waals surface area contributed by atoms with Crippen molar-refractivity contribution in [2.24, 2.45) is 0 Å². The van der Waals surface area contributed by atoms with Crippen LogP contribution in [-0.2, 0) is 4.74 Å². The molecule has 0 unspecified atom stereocenters. The molecule has 1 N–H and O–H groups in total. The molecule has 10 nitrogen and oxygen atoms in total. The summed E-state index contributed by atoms with van der Waals surface area (Å²) >= 11 is 0. The van der Waals surface area contributed by atoms with Crippen LogP contribution in [0, 0.1) is 0 Å². The van der Waals surface area contributed by atoms with E-state index in [1.807, 2.05) is 6.07 Å². The molecule has 2 aromatic heterocycles. The van der Waals surface area contributed by atoms with E-state index in [0.717, 1.165) is 0 Å². The number of nitrogens with one attached hydrogen (secondary N) is 1. The third-order valence-electron chi connectivity index (χ3n) is 5.02. The molecular weight excluding hydrogens is 414 g/mol. The number of amides is 3. The van der Waals surface area contributed by atoms with Crippen molar-refractivity contribution in [3.8, 4) is 5.69 Å². The predicted octanol–water partition coefficient (Wildman–Crippen LogP) is 2.63. The van der Waals surface area contributed by atoms with Crippen LogP contribution in [0.2, 0.25) is 0 Å². The van der Waals surface area contributed by atoms with Gasteiger partial charge >= 0.3 is 12.0 Å². The van der Waals surface area contributed by atoms with Crippen LogP contribution < -0.4 is 5.32 Å². The summed E-state index contributed by atoms with van der Waals surface area (Å²) < 4.78 is 11.7. The maximum absolute atomic E-state index is 12.7. The van der Waals surface area contributed by atoms with Gasteiger partial charge in [-0.15, -0.1) is 0 Å². The Hall–Kier alpha value is -4.08. The van der Waals surface area contributed by atoms with Gasteiger partial charge in [-0.2, -0.15) is 5.10 Å². The third kappa shape index (κ3) is 4.64. The average Bonchev–Trinajstić information content (AvgIpc) is 3.52. The van der Waals surface area contributed by atoms with Crippen molar-refractivity contribution in [3.05, 3.63) is 66.4 Å². The molecule has 0 spiro atoms. The molecule has 3 heterocycles. The summed E-state index contributed by atoms with van der Waals surface area (Å²) in [6, 6.07) is 11.8. The summed E-state index contributed by atoms with van der Waals surface area (Å²) in [5.41, 5.74) is 1.49. The minimum absolute atomic E-state index is 0.177. The summed E-state index contributed by atoms with van der Waals surface area (Å²) in [4.78, 5) is 40.2. The fourth-order valence-corrected chi connectivity index (χ4v) is 3.38. The highest BCUT2D eigenvalue weighted by Gasteiger charge is 2.26. The molecule has 1 saturated heterocycles. The van der Waals surface area contributed by atoms with Crippen molar-refractivity contribution in [2.45, 2.75) is 6.92 Å². The van der Waals surface area contributed by atoms with Crippen molar-refractivity contribution < 1.29 is 23.5 Å². The van der Waals surface area contributed by atoms with Crippen LogP contribution in [0.25, 0.3) is 5.69 Å². The molecule has 0 atom stereocenters. The largest absolute Gasteiger partial charge is 0.461 e. The quantitative estimate of drug-likeness (QED) is 0.615. The topological polar surface area (TPSA) is 110 Å². The Bertz CT molecular complexity index is 1100. The number of anilines is 1. The molecule has 1 aromatic carbocycles. The van der Waals surface area contributed by atoms with Crippen molar-refractivity contribution >= 4 is 23.6 Å². The number of hydrogen-bond donors (Lipinski definition) is 1. The van der Waals surface area contributed by atoms with Crippen molar-refractivity contribution in [3.63, 3.8) is 0 Å². The van der Waals surface area contributed by atoms with Gasteiger partial charge in [-0.1, -0.05) is 6.07 Å². The first kappa shape index (κ1) is 21.2. The number of ether oxygens (including phenoxy) is 1. The van der Waals surface area contributed by atoms with Gasteiger partial charge in [-0.25, -0.2) is 14.3 Å². The van der Waals surface area contributed by atoms with Gasteiger partial charge in [0.1, 0.15) is 0 Å². The summed E-state index contributed by atoms with van der Waals surface area (Å²) in [6.45, 7) is 3.70. The molecule has 0 radical (unpaired) electrons. The fourth-order valence-electron chi connectivity index (χ4n) is 3.38. The van der Waals surface area contributed by atoms with Crippen LogP contribution in [0.4, 0.5) is 10.5 Å². The SMILES string of the molecule is CCOC(=O)c1ccn(-c2cccc(NC(=O)N3CCN(C(=O)c4ccco4)CC3)c2)n1. The summed E-state index contributed by atoms with van der Waals surface area (Å²) in [5.74, 6) is -0.367. The molecule has 1 aliphatic heterocycles. The zero-order valence-electron chi connectivity index (χ0n) is 17.6. The first-order valence-electron chi connectivity index (χ1n) is 10.3. The number of urea groups is 1. The molecule has 0 aliphatic carbocycles. The number of rotatable bonds is 5. The second-order valence-corrected chi connectivity index (χ2v) is 7.10. The maximum Gasteiger partial charge on any atom is 0.358 e. The Morgan fingerprint density at radius 3 is 2.56 bits per heavy atom. The van der Waals surface area contributed by atoms with E-state index in [9.17, 15) is 14.4 Å². The summed E-state index contributed by atoms with van der Waals surface area (Å²) in [5, 5.41) is 7.10. The smallest absolute Gasteiger partial charge is 0.358 e. The van der Waals surface area contributed by atoms with Gasteiger partial charge in [-0.3, -0.25) is 4.79 Å². The third-order valence-corrected chi connectivity index (χ3v) is 5.02. The average molecular weight is 437 g/mol. The minimum Gasteiger partial charge on any atom is -0.461 e. The van der Waals surface area contributed by atoms with Gasteiger partial charge in [0.15, 0.2) is 11.5 Å². The number of esters is 1. The molecule has 1 fully saturated rings. The Kier molecular flexibility index (Phi) is 6.20. The summed E-state index contributed by atoms with van der Waals surface area (Å²) in [6.07, 6.45) is 3.12. The lowest BCUT2D eigenvalue weighted by Gasteiger charge is -2.34. The van der Waals surface area contributed by atoms with Crippen LogP contribution in [0.5, 0.6) is 0 Å². The highest BCUT2D eigenvalue weighted by molar-refractivity contribution is 5.92. The number of hydrogen-bond acceptors (Lipinski definition) is 6. The number of furan rings is 1. The van der Waals surface area contributed by atoms with E-state index >= 15 is 0 Å². The number of carbonyl (C=O) groups excluding carboxylic acids is 3. The van der Waals surface area contributed by atoms with Crippen LogP contribution in [0.15, 0.2) is 59.3 Å². The van der Waals surface area contributed by atoms with E-state index in [1.54, 1.807) is 64.0 Å². The highest BCUT2D eigenvalue weighted by atomic mass is 16.5. The van der Waals surface area contributed by atoms with Gasteiger partial charge in [0, 0.05) is 38.1 Å². The van der Waals surface area contributed by atoms with Crippen LogP contribution in [0.3, 0.4) is 0 Å². The number of carbonyl (C=O) groups is 3. The van der Waals surface area contributed by atoms with Gasteiger partial charge in [0.25, 0.3) is 5.91 Å². The minimum atomic E-state index is -0.486. The summed E-state index contributed by atoms with van der Waals surface area (Å²) in [7, 11) is 0. The predicted molar refractivity (Wildman–Crippen MR) is 115 cm³/mol. The van der Waals surface area contributed by atoms with E-state index < -0.39 is 5.97 Å². The van der Waals surface area contributed by atoms with E-state index in [2.05, 4.69) is 10.4 Å². The Morgan fingerprint density at radius 1 is 1.06 bits per heavy atom. The molecule has 32 heavy (non-hydrogen) atoms. The van der Waals surface area contributed by atoms with E-state index in [1.165, 1.54) is 6.26 Å².